The molecule has 0 heterocycles. The summed E-state index contributed by atoms with van der Waals surface area (Å²) in [5, 5.41) is 6.25. The molecule has 3 rings (SSSR count). The predicted molar refractivity (Wildman–Crippen MR) is 114 cm³/mol. The third-order valence-corrected chi connectivity index (χ3v) is 4.62. The highest BCUT2D eigenvalue weighted by Crippen LogP contribution is 2.22. The molecule has 0 radical (unpaired) electrons. The molecule has 6 heteroatoms. The average Bonchev–Trinajstić information content (AvgIpc) is 2.73. The molecule has 29 heavy (non-hydrogen) atoms. The van der Waals surface area contributed by atoms with Crippen LogP contribution in [0.25, 0.3) is 0 Å². The van der Waals surface area contributed by atoms with Gasteiger partial charge in [-0.15, -0.1) is 0 Å². The van der Waals surface area contributed by atoms with Gasteiger partial charge in [0.25, 0.3) is 11.8 Å². The average molecular weight is 409 g/mol. The Bertz CT molecular complexity index is 992. The van der Waals surface area contributed by atoms with E-state index in [2.05, 4.69) is 10.6 Å². The van der Waals surface area contributed by atoms with Gasteiger partial charge in [-0.2, -0.15) is 0 Å². The zero-order valence-corrected chi connectivity index (χ0v) is 16.6. The lowest BCUT2D eigenvalue weighted by atomic mass is 10.1. The number of hydrogen-bond donors (Lipinski definition) is 2. The number of benzene rings is 3. The quantitative estimate of drug-likeness (QED) is 0.587. The van der Waals surface area contributed by atoms with E-state index in [0.717, 1.165) is 5.56 Å². The summed E-state index contributed by atoms with van der Waals surface area (Å²) in [6, 6.07) is 23.0. The Morgan fingerprint density at radius 1 is 0.931 bits per heavy atom. The van der Waals surface area contributed by atoms with Gasteiger partial charge in [-0.25, -0.2) is 0 Å². The summed E-state index contributed by atoms with van der Waals surface area (Å²) in [6.45, 7) is 1.63. The van der Waals surface area contributed by atoms with Crippen molar-refractivity contribution in [1.29, 1.82) is 0 Å². The molecule has 0 aliphatic carbocycles. The van der Waals surface area contributed by atoms with Crippen molar-refractivity contribution >= 4 is 29.1 Å². The Morgan fingerprint density at radius 3 is 2.34 bits per heavy atom. The monoisotopic (exact) mass is 408 g/mol. The molecule has 0 aliphatic heterocycles. The molecular weight excluding hydrogens is 388 g/mol. The molecule has 0 saturated heterocycles. The Kier molecular flexibility index (Phi) is 6.87. The number of amides is 2. The Balaban J connectivity index is 1.61. The third-order valence-electron chi connectivity index (χ3n) is 4.27. The lowest BCUT2D eigenvalue weighted by molar-refractivity contribution is -0.123. The van der Waals surface area contributed by atoms with E-state index in [1.165, 1.54) is 0 Å². The third kappa shape index (κ3) is 5.59. The number of carbonyl (C=O) groups is 2. The highest BCUT2D eigenvalue weighted by atomic mass is 35.5. The van der Waals surface area contributed by atoms with Crippen molar-refractivity contribution in [1.82, 2.24) is 5.32 Å². The van der Waals surface area contributed by atoms with Crippen LogP contribution < -0.4 is 15.4 Å². The number of carbonyl (C=O) groups excluding carboxylic acids is 2. The van der Waals surface area contributed by atoms with Crippen LogP contribution >= 0.6 is 11.6 Å². The second-order valence-corrected chi connectivity index (χ2v) is 6.82. The number of ether oxygens (including phenoxy) is 1. The molecule has 148 valence electrons. The molecule has 0 aromatic heterocycles. The molecule has 5 nitrogen and oxygen atoms in total. The second-order valence-electron chi connectivity index (χ2n) is 6.42. The van der Waals surface area contributed by atoms with Crippen molar-refractivity contribution < 1.29 is 14.3 Å². The molecule has 0 aliphatic rings. The minimum Gasteiger partial charge on any atom is -0.483 e. The van der Waals surface area contributed by atoms with Gasteiger partial charge in [-0.1, -0.05) is 60.1 Å². The summed E-state index contributed by atoms with van der Waals surface area (Å²) in [6.07, 6.45) is 0. The van der Waals surface area contributed by atoms with Gasteiger partial charge in [-0.3, -0.25) is 9.59 Å². The maximum atomic E-state index is 12.6. The normalized spacial score (nSPS) is 11.4. The SMILES string of the molecule is C[C@H](NC(=O)COc1ccccc1C(=O)Nc1ccccc1)c1ccccc1Cl. The lowest BCUT2D eigenvalue weighted by Gasteiger charge is -2.16. The van der Waals surface area contributed by atoms with Crippen molar-refractivity contribution in [2.24, 2.45) is 0 Å². The van der Waals surface area contributed by atoms with Crippen LogP contribution in [-0.2, 0) is 4.79 Å². The number of hydrogen-bond acceptors (Lipinski definition) is 3. The first kappa shape index (κ1) is 20.4. The fraction of sp³-hybridized carbons (Fsp3) is 0.130. The van der Waals surface area contributed by atoms with Crippen LogP contribution in [0.1, 0.15) is 28.9 Å². The first-order valence-electron chi connectivity index (χ1n) is 9.16. The number of nitrogens with one attached hydrogen (secondary N) is 2. The summed E-state index contributed by atoms with van der Waals surface area (Å²) < 4.78 is 5.62. The van der Waals surface area contributed by atoms with E-state index in [0.29, 0.717) is 22.0 Å². The molecule has 3 aromatic rings. The summed E-state index contributed by atoms with van der Waals surface area (Å²) in [5.41, 5.74) is 1.85. The molecule has 0 fully saturated rings. The number of rotatable bonds is 7. The van der Waals surface area contributed by atoms with Gasteiger partial charge in [0.15, 0.2) is 6.61 Å². The minimum atomic E-state index is -0.310. The van der Waals surface area contributed by atoms with E-state index in [1.54, 1.807) is 42.5 Å². The Labute approximate surface area is 174 Å². The van der Waals surface area contributed by atoms with Crippen molar-refractivity contribution in [2.45, 2.75) is 13.0 Å². The zero-order chi connectivity index (χ0) is 20.6. The highest BCUT2D eigenvalue weighted by molar-refractivity contribution is 6.31. The lowest BCUT2D eigenvalue weighted by Crippen LogP contribution is -2.31. The molecular formula is C23H21ClN2O3. The number of anilines is 1. The molecule has 0 saturated carbocycles. The van der Waals surface area contributed by atoms with Gasteiger partial charge >= 0.3 is 0 Å². The smallest absolute Gasteiger partial charge is 0.259 e. The van der Waals surface area contributed by atoms with Crippen LogP contribution in [0, 0.1) is 0 Å². The molecule has 2 N–H and O–H groups in total. The summed E-state index contributed by atoms with van der Waals surface area (Å²) in [5.74, 6) is -0.284. The summed E-state index contributed by atoms with van der Waals surface area (Å²) in [4.78, 5) is 24.9. The van der Waals surface area contributed by atoms with E-state index in [9.17, 15) is 9.59 Å². The molecule has 3 aromatic carbocycles. The first-order chi connectivity index (χ1) is 14.0. The first-order valence-corrected chi connectivity index (χ1v) is 9.54. The van der Waals surface area contributed by atoms with Crippen LogP contribution in [0.15, 0.2) is 78.9 Å². The van der Waals surface area contributed by atoms with Gasteiger partial charge in [-0.05, 0) is 42.8 Å². The maximum Gasteiger partial charge on any atom is 0.259 e. The van der Waals surface area contributed by atoms with Crippen LogP contribution in [0.2, 0.25) is 5.02 Å². The number of halogens is 1. The molecule has 0 unspecified atom stereocenters. The van der Waals surface area contributed by atoms with Crippen molar-refractivity contribution in [3.05, 3.63) is 95.0 Å². The van der Waals surface area contributed by atoms with Gasteiger partial charge in [0.05, 0.1) is 11.6 Å². The van der Waals surface area contributed by atoms with Gasteiger partial charge in [0, 0.05) is 10.7 Å². The van der Waals surface area contributed by atoms with Gasteiger partial charge < -0.3 is 15.4 Å². The highest BCUT2D eigenvalue weighted by Gasteiger charge is 2.16. The largest absolute Gasteiger partial charge is 0.483 e. The second kappa shape index (κ2) is 9.75. The Morgan fingerprint density at radius 2 is 1.59 bits per heavy atom. The molecule has 0 bridgehead atoms. The minimum absolute atomic E-state index is 0.218. The van der Waals surface area contributed by atoms with E-state index in [4.69, 9.17) is 16.3 Å². The summed E-state index contributed by atoms with van der Waals surface area (Å²) in [7, 11) is 0. The van der Waals surface area contributed by atoms with E-state index in [-0.39, 0.29) is 24.5 Å². The van der Waals surface area contributed by atoms with Crippen LogP contribution in [0.5, 0.6) is 5.75 Å². The van der Waals surface area contributed by atoms with E-state index < -0.39 is 0 Å². The summed E-state index contributed by atoms with van der Waals surface area (Å²) >= 11 is 6.17. The van der Waals surface area contributed by atoms with Crippen LogP contribution in [0.3, 0.4) is 0 Å². The van der Waals surface area contributed by atoms with E-state index in [1.807, 2.05) is 43.3 Å². The van der Waals surface area contributed by atoms with Crippen molar-refractivity contribution in [3.63, 3.8) is 0 Å². The standard InChI is InChI=1S/C23H21ClN2O3/c1-16(18-11-5-7-13-20(18)24)25-22(27)15-29-21-14-8-6-12-19(21)23(28)26-17-9-3-2-4-10-17/h2-14,16H,15H2,1H3,(H,25,27)(H,26,28)/t16-/m0/s1. The van der Waals surface area contributed by atoms with Crippen LogP contribution in [-0.4, -0.2) is 18.4 Å². The maximum absolute atomic E-state index is 12.6. The fourth-order valence-corrected chi connectivity index (χ4v) is 3.13. The zero-order valence-electron chi connectivity index (χ0n) is 15.9. The van der Waals surface area contributed by atoms with E-state index >= 15 is 0 Å². The van der Waals surface area contributed by atoms with Crippen molar-refractivity contribution in [2.75, 3.05) is 11.9 Å². The topological polar surface area (TPSA) is 67.4 Å². The van der Waals surface area contributed by atoms with Gasteiger partial charge in [0.2, 0.25) is 0 Å². The Hall–Kier alpha value is -3.31. The predicted octanol–water partition coefficient (Wildman–Crippen LogP) is 4.85. The molecule has 2 amide bonds. The number of para-hydroxylation sites is 2. The molecule has 1 atom stereocenters. The van der Waals surface area contributed by atoms with Gasteiger partial charge in [0.1, 0.15) is 5.75 Å². The molecule has 0 spiro atoms. The van der Waals surface area contributed by atoms with Crippen molar-refractivity contribution in [3.8, 4) is 5.75 Å². The van der Waals surface area contributed by atoms with Crippen LogP contribution in [0.4, 0.5) is 5.69 Å². The fourth-order valence-electron chi connectivity index (χ4n) is 2.83.